The van der Waals surface area contributed by atoms with Gasteiger partial charge in [-0.1, -0.05) is 55.8 Å². The summed E-state index contributed by atoms with van der Waals surface area (Å²) in [5, 5.41) is 10.6. The molecule has 0 spiro atoms. The first-order valence-corrected chi connectivity index (χ1v) is 8.38. The number of aryl methyl sites for hydroxylation is 1. The number of aliphatic hydroxyl groups excluding tert-OH is 1. The van der Waals surface area contributed by atoms with E-state index >= 15 is 0 Å². The SMILES string of the molecule is CCCCc1ccc(C(O)c2ccccc2SC)cc1. The highest BCUT2D eigenvalue weighted by Crippen LogP contribution is 2.30. The normalized spacial score (nSPS) is 12.3. The lowest BCUT2D eigenvalue weighted by Gasteiger charge is -2.15. The molecule has 0 aliphatic carbocycles. The Morgan fingerprint density at radius 3 is 2.40 bits per heavy atom. The van der Waals surface area contributed by atoms with Crippen molar-refractivity contribution in [1.29, 1.82) is 0 Å². The lowest BCUT2D eigenvalue weighted by atomic mass is 9.99. The summed E-state index contributed by atoms with van der Waals surface area (Å²) in [6.07, 6.45) is 5.05. The molecule has 0 radical (unpaired) electrons. The smallest absolute Gasteiger partial charge is 0.105 e. The largest absolute Gasteiger partial charge is 0.384 e. The Morgan fingerprint density at radius 1 is 1.05 bits per heavy atom. The summed E-state index contributed by atoms with van der Waals surface area (Å²) in [4.78, 5) is 1.13. The van der Waals surface area contributed by atoms with Crippen LogP contribution in [0.15, 0.2) is 53.4 Å². The molecule has 0 aliphatic rings. The van der Waals surface area contributed by atoms with Gasteiger partial charge >= 0.3 is 0 Å². The van der Waals surface area contributed by atoms with Gasteiger partial charge in [0.25, 0.3) is 0 Å². The number of aliphatic hydroxyl groups is 1. The second-order valence-corrected chi connectivity index (χ2v) is 5.84. The van der Waals surface area contributed by atoms with E-state index in [-0.39, 0.29) is 0 Å². The molecule has 1 nitrogen and oxygen atoms in total. The van der Waals surface area contributed by atoms with E-state index in [4.69, 9.17) is 0 Å². The molecule has 2 rings (SSSR count). The van der Waals surface area contributed by atoms with Crippen molar-refractivity contribution in [2.45, 2.75) is 37.2 Å². The van der Waals surface area contributed by atoms with Crippen LogP contribution in [0.1, 0.15) is 42.6 Å². The summed E-state index contributed by atoms with van der Waals surface area (Å²) in [5.41, 5.74) is 3.30. The molecule has 0 saturated heterocycles. The Balaban J connectivity index is 2.18. The zero-order valence-corrected chi connectivity index (χ0v) is 13.0. The Hall–Kier alpha value is -1.25. The molecule has 106 valence electrons. The molecule has 2 heteroatoms. The van der Waals surface area contributed by atoms with Crippen molar-refractivity contribution in [3.63, 3.8) is 0 Å². The Kier molecular flexibility index (Phi) is 5.69. The first kappa shape index (κ1) is 15.1. The Bertz CT molecular complexity index is 533. The minimum Gasteiger partial charge on any atom is -0.384 e. The van der Waals surface area contributed by atoms with Gasteiger partial charge in [-0.05, 0) is 41.9 Å². The van der Waals surface area contributed by atoms with E-state index in [1.165, 1.54) is 18.4 Å². The van der Waals surface area contributed by atoms with Crippen LogP contribution in [0, 0.1) is 0 Å². The fourth-order valence-corrected chi connectivity index (χ4v) is 2.95. The van der Waals surface area contributed by atoms with Gasteiger partial charge in [0.1, 0.15) is 6.10 Å². The molecule has 20 heavy (non-hydrogen) atoms. The molecule has 0 saturated carbocycles. The highest BCUT2D eigenvalue weighted by Gasteiger charge is 2.13. The van der Waals surface area contributed by atoms with Gasteiger partial charge in [0, 0.05) is 4.90 Å². The van der Waals surface area contributed by atoms with Crippen molar-refractivity contribution in [2.75, 3.05) is 6.26 Å². The predicted molar refractivity (Wildman–Crippen MR) is 87.3 cm³/mol. The predicted octanol–water partition coefficient (Wildman–Crippen LogP) is 4.83. The number of rotatable bonds is 6. The van der Waals surface area contributed by atoms with Crippen molar-refractivity contribution < 1.29 is 5.11 Å². The monoisotopic (exact) mass is 286 g/mol. The van der Waals surface area contributed by atoms with Gasteiger partial charge in [-0.3, -0.25) is 0 Å². The van der Waals surface area contributed by atoms with Crippen molar-refractivity contribution in [1.82, 2.24) is 0 Å². The van der Waals surface area contributed by atoms with Gasteiger partial charge in [-0.25, -0.2) is 0 Å². The zero-order chi connectivity index (χ0) is 14.4. The Labute approximate surface area is 126 Å². The van der Waals surface area contributed by atoms with Crippen LogP contribution in [0.3, 0.4) is 0 Å². The number of thioether (sulfide) groups is 1. The molecule has 0 heterocycles. The van der Waals surface area contributed by atoms with E-state index < -0.39 is 6.10 Å². The lowest BCUT2D eigenvalue weighted by molar-refractivity contribution is 0.217. The number of hydrogen-bond donors (Lipinski definition) is 1. The minimum atomic E-state index is -0.543. The summed E-state index contributed by atoms with van der Waals surface area (Å²) in [6, 6.07) is 16.4. The maximum Gasteiger partial charge on any atom is 0.105 e. The molecule has 0 fully saturated rings. The molecule has 2 aromatic rings. The molecule has 0 aromatic heterocycles. The fraction of sp³-hybridized carbons (Fsp3) is 0.333. The summed E-state index contributed by atoms with van der Waals surface area (Å²) >= 11 is 1.67. The topological polar surface area (TPSA) is 20.2 Å². The van der Waals surface area contributed by atoms with Gasteiger partial charge in [0.05, 0.1) is 0 Å². The molecule has 2 aromatic carbocycles. The molecule has 1 N–H and O–H groups in total. The molecular formula is C18H22OS. The average Bonchev–Trinajstić information content (AvgIpc) is 2.52. The molecule has 1 unspecified atom stereocenters. The van der Waals surface area contributed by atoms with Crippen LogP contribution >= 0.6 is 11.8 Å². The summed E-state index contributed by atoms with van der Waals surface area (Å²) in [7, 11) is 0. The molecular weight excluding hydrogens is 264 g/mol. The van der Waals surface area contributed by atoms with Crippen LogP contribution in [0.2, 0.25) is 0 Å². The van der Waals surface area contributed by atoms with Crippen molar-refractivity contribution >= 4 is 11.8 Å². The first-order chi connectivity index (χ1) is 9.76. The molecule has 0 bridgehead atoms. The third-order valence-electron chi connectivity index (χ3n) is 3.55. The van der Waals surface area contributed by atoms with Gasteiger partial charge in [-0.15, -0.1) is 11.8 Å². The molecule has 1 atom stereocenters. The lowest BCUT2D eigenvalue weighted by Crippen LogP contribution is -2.01. The van der Waals surface area contributed by atoms with E-state index in [0.29, 0.717) is 0 Å². The maximum absolute atomic E-state index is 10.6. The molecule has 0 amide bonds. The fourth-order valence-electron chi connectivity index (χ4n) is 2.32. The summed E-state index contributed by atoms with van der Waals surface area (Å²) in [5.74, 6) is 0. The summed E-state index contributed by atoms with van der Waals surface area (Å²) < 4.78 is 0. The average molecular weight is 286 g/mol. The number of benzene rings is 2. The van der Waals surface area contributed by atoms with Gasteiger partial charge in [0.15, 0.2) is 0 Å². The van der Waals surface area contributed by atoms with Gasteiger partial charge in [0.2, 0.25) is 0 Å². The van der Waals surface area contributed by atoms with Crippen molar-refractivity contribution in [3.8, 4) is 0 Å². The van der Waals surface area contributed by atoms with Gasteiger partial charge < -0.3 is 5.11 Å². The van der Waals surface area contributed by atoms with Crippen LogP contribution < -0.4 is 0 Å². The van der Waals surface area contributed by atoms with Crippen LogP contribution in [0.25, 0.3) is 0 Å². The third kappa shape index (κ3) is 3.65. The second-order valence-electron chi connectivity index (χ2n) is 4.99. The van der Waals surface area contributed by atoms with E-state index in [2.05, 4.69) is 25.1 Å². The minimum absolute atomic E-state index is 0.543. The van der Waals surface area contributed by atoms with Crippen molar-refractivity contribution in [3.05, 3.63) is 65.2 Å². The van der Waals surface area contributed by atoms with E-state index in [9.17, 15) is 5.11 Å². The van der Waals surface area contributed by atoms with E-state index in [1.807, 2.05) is 36.6 Å². The van der Waals surface area contributed by atoms with E-state index in [0.717, 1.165) is 22.4 Å². The standard InChI is InChI=1S/C18H22OS/c1-3-4-7-14-10-12-15(13-11-14)18(19)16-8-5-6-9-17(16)20-2/h5-6,8-13,18-19H,3-4,7H2,1-2H3. The summed E-state index contributed by atoms with van der Waals surface area (Å²) in [6.45, 7) is 2.21. The van der Waals surface area contributed by atoms with Crippen molar-refractivity contribution in [2.24, 2.45) is 0 Å². The second kappa shape index (κ2) is 7.51. The quantitative estimate of drug-likeness (QED) is 0.767. The number of hydrogen-bond acceptors (Lipinski definition) is 2. The number of unbranched alkanes of at least 4 members (excludes halogenated alkanes) is 1. The van der Waals surface area contributed by atoms with Crippen LogP contribution in [0.4, 0.5) is 0 Å². The van der Waals surface area contributed by atoms with Gasteiger partial charge in [-0.2, -0.15) is 0 Å². The van der Waals surface area contributed by atoms with Crippen LogP contribution in [-0.2, 0) is 6.42 Å². The zero-order valence-electron chi connectivity index (χ0n) is 12.2. The Morgan fingerprint density at radius 2 is 1.75 bits per heavy atom. The third-order valence-corrected chi connectivity index (χ3v) is 4.36. The van der Waals surface area contributed by atoms with E-state index in [1.54, 1.807) is 11.8 Å². The highest BCUT2D eigenvalue weighted by molar-refractivity contribution is 7.98. The van der Waals surface area contributed by atoms with Crippen LogP contribution in [-0.4, -0.2) is 11.4 Å². The van der Waals surface area contributed by atoms with Crippen LogP contribution in [0.5, 0.6) is 0 Å². The highest BCUT2D eigenvalue weighted by atomic mass is 32.2. The first-order valence-electron chi connectivity index (χ1n) is 7.16. The molecule has 0 aliphatic heterocycles. The maximum atomic E-state index is 10.6.